The van der Waals surface area contributed by atoms with E-state index in [9.17, 15) is 4.79 Å². The van der Waals surface area contributed by atoms with Crippen molar-refractivity contribution in [2.24, 2.45) is 0 Å². The van der Waals surface area contributed by atoms with Crippen molar-refractivity contribution in [3.8, 4) is 0 Å². The largest absolute Gasteiger partial charge is 0.395 e. The van der Waals surface area contributed by atoms with Gasteiger partial charge in [-0.1, -0.05) is 0 Å². The predicted octanol–water partition coefficient (Wildman–Crippen LogP) is 1.77. The Morgan fingerprint density at radius 1 is 1.50 bits per heavy atom. The van der Waals surface area contributed by atoms with E-state index in [2.05, 4.69) is 10.3 Å². The summed E-state index contributed by atoms with van der Waals surface area (Å²) in [5, 5.41) is 3.17. The van der Waals surface area contributed by atoms with E-state index in [0.29, 0.717) is 18.7 Å². The predicted molar refractivity (Wildman–Crippen MR) is 75.8 cm³/mol. The van der Waals surface area contributed by atoms with Gasteiger partial charge >= 0.3 is 0 Å². The number of nitrogens with one attached hydrogen (secondary N) is 1. The summed E-state index contributed by atoms with van der Waals surface area (Å²) in [5.41, 5.74) is 10.1. The van der Waals surface area contributed by atoms with Crippen molar-refractivity contribution >= 4 is 38.8 Å². The zero-order valence-corrected chi connectivity index (χ0v) is 11.3. The van der Waals surface area contributed by atoms with E-state index < -0.39 is 0 Å². The second-order valence-corrected chi connectivity index (χ2v) is 5.08. The minimum Gasteiger partial charge on any atom is -0.395 e. The summed E-state index contributed by atoms with van der Waals surface area (Å²) in [4.78, 5) is 17.2. The number of carbonyl (C=O) groups is 1. The van der Waals surface area contributed by atoms with Crippen LogP contribution in [-0.4, -0.2) is 36.4 Å². The highest BCUT2D eigenvalue weighted by atomic mass is 32.1. The minimum absolute atomic E-state index is 0.0933. The maximum absolute atomic E-state index is 11.4. The lowest BCUT2D eigenvalue weighted by atomic mass is 10.2. The Hall–Kier alpha value is -1.82. The van der Waals surface area contributed by atoms with Crippen LogP contribution in [0.5, 0.6) is 0 Å². The molecule has 0 aliphatic heterocycles. The van der Waals surface area contributed by atoms with E-state index in [1.807, 2.05) is 12.1 Å². The van der Waals surface area contributed by atoms with E-state index in [0.717, 1.165) is 15.9 Å². The van der Waals surface area contributed by atoms with Crippen LogP contribution in [0.1, 0.15) is 6.42 Å². The number of thiazole rings is 1. The Balaban J connectivity index is 2.03. The van der Waals surface area contributed by atoms with E-state index in [-0.39, 0.29) is 5.91 Å². The van der Waals surface area contributed by atoms with Crippen molar-refractivity contribution in [3.05, 3.63) is 17.6 Å². The minimum atomic E-state index is 0.0933. The molecule has 0 atom stereocenters. The molecule has 1 amide bonds. The monoisotopic (exact) mass is 264 g/mol. The molecule has 0 unspecified atom stereocenters. The molecular formula is C12H16N4OS. The van der Waals surface area contributed by atoms with Crippen LogP contribution in [0, 0.1) is 0 Å². The quantitative estimate of drug-likeness (QED) is 0.826. The fourth-order valence-electron chi connectivity index (χ4n) is 1.63. The van der Waals surface area contributed by atoms with Gasteiger partial charge in [0.05, 0.1) is 21.6 Å². The number of carbonyl (C=O) groups excluding carboxylic acids is 1. The van der Waals surface area contributed by atoms with E-state index in [4.69, 9.17) is 5.73 Å². The number of aromatic nitrogens is 1. The SMILES string of the molecule is CN(C)C(=O)CCNc1ccc2scnc2c1N. The third kappa shape index (κ3) is 2.53. The molecule has 0 spiro atoms. The van der Waals surface area contributed by atoms with E-state index in [1.165, 1.54) is 0 Å². The molecule has 1 aromatic heterocycles. The highest BCUT2D eigenvalue weighted by molar-refractivity contribution is 7.16. The van der Waals surface area contributed by atoms with Gasteiger partial charge in [-0.15, -0.1) is 11.3 Å². The first-order chi connectivity index (χ1) is 8.59. The van der Waals surface area contributed by atoms with Crippen LogP contribution in [-0.2, 0) is 4.79 Å². The normalized spacial score (nSPS) is 10.6. The number of nitrogen functional groups attached to an aromatic ring is 1. The fourth-order valence-corrected chi connectivity index (χ4v) is 2.33. The number of anilines is 2. The Morgan fingerprint density at radius 3 is 3.00 bits per heavy atom. The van der Waals surface area contributed by atoms with Gasteiger partial charge < -0.3 is 16.0 Å². The Kier molecular flexibility index (Phi) is 3.66. The molecule has 18 heavy (non-hydrogen) atoms. The van der Waals surface area contributed by atoms with Crippen LogP contribution in [0.15, 0.2) is 17.6 Å². The first-order valence-corrected chi connectivity index (χ1v) is 6.53. The average Bonchev–Trinajstić information content (AvgIpc) is 2.80. The van der Waals surface area contributed by atoms with Crippen molar-refractivity contribution in [3.63, 3.8) is 0 Å². The van der Waals surface area contributed by atoms with Gasteiger partial charge in [0.25, 0.3) is 0 Å². The molecule has 5 nitrogen and oxygen atoms in total. The van der Waals surface area contributed by atoms with Crippen LogP contribution in [0.3, 0.4) is 0 Å². The summed E-state index contributed by atoms with van der Waals surface area (Å²) in [5.74, 6) is 0.0933. The van der Waals surface area contributed by atoms with Crippen molar-refractivity contribution < 1.29 is 4.79 Å². The smallest absolute Gasteiger partial charge is 0.223 e. The lowest BCUT2D eigenvalue weighted by Gasteiger charge is -2.12. The first kappa shape index (κ1) is 12.6. The maximum atomic E-state index is 11.4. The molecule has 0 aliphatic rings. The number of nitrogens with two attached hydrogens (primary N) is 1. The number of rotatable bonds is 4. The molecule has 3 N–H and O–H groups in total. The molecule has 2 aromatic rings. The van der Waals surface area contributed by atoms with Crippen LogP contribution >= 0.6 is 11.3 Å². The standard InChI is InChI=1S/C12H16N4OS/c1-16(2)10(17)5-6-14-8-3-4-9-12(11(8)13)15-7-18-9/h3-4,7,14H,5-6,13H2,1-2H3. The summed E-state index contributed by atoms with van der Waals surface area (Å²) in [7, 11) is 3.50. The molecule has 1 aromatic carbocycles. The number of nitrogens with zero attached hydrogens (tertiary/aromatic N) is 2. The lowest BCUT2D eigenvalue weighted by Crippen LogP contribution is -2.24. The van der Waals surface area contributed by atoms with Crippen LogP contribution in [0.2, 0.25) is 0 Å². The van der Waals surface area contributed by atoms with Crippen molar-refractivity contribution in [2.75, 3.05) is 31.7 Å². The molecule has 0 saturated carbocycles. The van der Waals surface area contributed by atoms with Gasteiger partial charge in [0.1, 0.15) is 5.52 Å². The number of amides is 1. The topological polar surface area (TPSA) is 71.2 Å². The molecule has 96 valence electrons. The summed E-state index contributed by atoms with van der Waals surface area (Å²) in [6.45, 7) is 0.566. The molecule has 0 radical (unpaired) electrons. The highest BCUT2D eigenvalue weighted by Gasteiger charge is 2.07. The van der Waals surface area contributed by atoms with Crippen LogP contribution < -0.4 is 11.1 Å². The molecule has 2 rings (SSSR count). The molecule has 0 aliphatic carbocycles. The molecular weight excluding hydrogens is 248 g/mol. The van der Waals surface area contributed by atoms with E-state index in [1.54, 1.807) is 35.8 Å². The summed E-state index contributed by atoms with van der Waals surface area (Å²) in [6, 6.07) is 3.91. The zero-order valence-electron chi connectivity index (χ0n) is 10.4. The molecule has 0 fully saturated rings. The zero-order chi connectivity index (χ0) is 13.1. The van der Waals surface area contributed by atoms with Crippen LogP contribution in [0.4, 0.5) is 11.4 Å². The van der Waals surface area contributed by atoms with Gasteiger partial charge in [-0.3, -0.25) is 4.79 Å². The number of fused-ring (bicyclic) bond motifs is 1. The lowest BCUT2D eigenvalue weighted by molar-refractivity contribution is -0.128. The van der Waals surface area contributed by atoms with Crippen molar-refractivity contribution in [2.45, 2.75) is 6.42 Å². The maximum Gasteiger partial charge on any atom is 0.223 e. The van der Waals surface area contributed by atoms with Gasteiger partial charge in [-0.25, -0.2) is 4.98 Å². The average molecular weight is 264 g/mol. The Morgan fingerprint density at radius 2 is 2.28 bits per heavy atom. The van der Waals surface area contributed by atoms with Gasteiger partial charge in [0.2, 0.25) is 5.91 Å². The second-order valence-electron chi connectivity index (χ2n) is 4.19. The first-order valence-electron chi connectivity index (χ1n) is 5.65. The van der Waals surface area contributed by atoms with Gasteiger partial charge in [-0.2, -0.15) is 0 Å². The van der Waals surface area contributed by atoms with Gasteiger partial charge in [0, 0.05) is 27.1 Å². The van der Waals surface area contributed by atoms with Crippen molar-refractivity contribution in [1.29, 1.82) is 0 Å². The van der Waals surface area contributed by atoms with Crippen LogP contribution in [0.25, 0.3) is 10.2 Å². The molecule has 1 heterocycles. The summed E-state index contributed by atoms with van der Waals surface area (Å²) in [6.07, 6.45) is 0.446. The number of hydrogen-bond acceptors (Lipinski definition) is 5. The fraction of sp³-hybridized carbons (Fsp3) is 0.333. The molecule has 0 saturated heterocycles. The summed E-state index contributed by atoms with van der Waals surface area (Å²) < 4.78 is 1.07. The van der Waals surface area contributed by atoms with Gasteiger partial charge in [-0.05, 0) is 12.1 Å². The Bertz CT molecular complexity index is 564. The highest BCUT2D eigenvalue weighted by Crippen LogP contribution is 2.29. The summed E-state index contributed by atoms with van der Waals surface area (Å²) >= 11 is 1.56. The second kappa shape index (κ2) is 5.22. The molecule has 0 bridgehead atoms. The Labute approximate surface area is 110 Å². The van der Waals surface area contributed by atoms with Gasteiger partial charge in [0.15, 0.2) is 0 Å². The third-order valence-corrected chi connectivity index (χ3v) is 3.49. The van der Waals surface area contributed by atoms with Crippen molar-refractivity contribution in [1.82, 2.24) is 9.88 Å². The third-order valence-electron chi connectivity index (χ3n) is 2.69. The molecule has 6 heteroatoms. The number of hydrogen-bond donors (Lipinski definition) is 2. The number of benzene rings is 1. The van der Waals surface area contributed by atoms with E-state index >= 15 is 0 Å².